The van der Waals surface area contributed by atoms with Gasteiger partial charge >= 0.3 is 0 Å². The molecule has 0 unspecified atom stereocenters. The number of carbonyl (C=O) groups is 2. The minimum atomic E-state index is -0.352. The number of para-hydroxylation sites is 1. The van der Waals surface area contributed by atoms with Crippen molar-refractivity contribution in [1.82, 2.24) is 9.47 Å². The topological polar surface area (TPSA) is 88.6 Å². The Bertz CT molecular complexity index is 1530. The highest BCUT2D eigenvalue weighted by atomic mass is 32.2. The van der Waals surface area contributed by atoms with Crippen LogP contribution < -0.4 is 16.2 Å². The molecule has 196 valence electrons. The van der Waals surface area contributed by atoms with Gasteiger partial charge in [-0.1, -0.05) is 54.3 Å². The van der Waals surface area contributed by atoms with Gasteiger partial charge in [0.25, 0.3) is 11.5 Å². The average Bonchev–Trinajstić information content (AvgIpc) is 3.18. The molecular weight excluding hydrogens is 523 g/mol. The standard InChI is InChI=1S/C28H27FN4O3S2/c1-2-32-22-6-4-3-5-20(22)24(31-13-11-18(12-14-31)25(30)34)21(26(32)35)15-23-27(36)33(28(37)38-23)16-17-7-9-19(29)10-8-17/h3-10,15,18H,2,11-14,16H2,1H3,(H2,30,34). The van der Waals surface area contributed by atoms with Gasteiger partial charge in [-0.15, -0.1) is 0 Å². The highest BCUT2D eigenvalue weighted by Crippen LogP contribution is 2.37. The molecule has 0 spiro atoms. The number of fused-ring (bicyclic) bond motifs is 1. The van der Waals surface area contributed by atoms with Gasteiger partial charge in [-0.2, -0.15) is 0 Å². The second kappa shape index (κ2) is 10.7. The Balaban J connectivity index is 1.58. The van der Waals surface area contributed by atoms with Gasteiger partial charge < -0.3 is 15.2 Å². The van der Waals surface area contributed by atoms with Crippen molar-refractivity contribution in [2.24, 2.45) is 11.7 Å². The number of aryl methyl sites for hydroxylation is 1. The Kier molecular flexibility index (Phi) is 7.36. The normalized spacial score (nSPS) is 17.7. The number of hydrogen-bond donors (Lipinski definition) is 1. The number of carbonyl (C=O) groups excluding carboxylic acids is 2. The number of benzene rings is 2. The number of halogens is 1. The number of rotatable bonds is 6. The van der Waals surface area contributed by atoms with Gasteiger partial charge in [0.1, 0.15) is 10.1 Å². The molecular formula is C28H27FN4O3S2. The van der Waals surface area contributed by atoms with E-state index in [1.165, 1.54) is 17.0 Å². The summed E-state index contributed by atoms with van der Waals surface area (Å²) in [6, 6.07) is 13.7. The number of pyridine rings is 1. The molecule has 10 heteroatoms. The molecule has 2 aliphatic rings. The SMILES string of the molecule is CCn1c(=O)c(C=C2SC(=S)N(Cc3ccc(F)cc3)C2=O)c(N2CCC(C(N)=O)CC2)c2ccccc21. The van der Waals surface area contributed by atoms with E-state index >= 15 is 0 Å². The molecule has 7 nitrogen and oxygen atoms in total. The van der Waals surface area contributed by atoms with Crippen LogP contribution in [0.25, 0.3) is 17.0 Å². The molecule has 38 heavy (non-hydrogen) atoms. The molecule has 1 aromatic heterocycles. The molecule has 3 heterocycles. The molecule has 2 N–H and O–H groups in total. The number of hydrogen-bond acceptors (Lipinski definition) is 6. The lowest BCUT2D eigenvalue weighted by atomic mass is 9.94. The lowest BCUT2D eigenvalue weighted by Crippen LogP contribution is -2.40. The molecule has 0 bridgehead atoms. The molecule has 2 saturated heterocycles. The Morgan fingerprint density at radius 3 is 2.47 bits per heavy atom. The van der Waals surface area contributed by atoms with E-state index in [1.54, 1.807) is 22.8 Å². The van der Waals surface area contributed by atoms with E-state index < -0.39 is 0 Å². The van der Waals surface area contributed by atoms with Crippen molar-refractivity contribution < 1.29 is 14.0 Å². The van der Waals surface area contributed by atoms with Gasteiger partial charge in [0.05, 0.1) is 28.2 Å². The van der Waals surface area contributed by atoms with Gasteiger partial charge in [0.15, 0.2) is 0 Å². The first-order valence-electron chi connectivity index (χ1n) is 12.5. The summed E-state index contributed by atoms with van der Waals surface area (Å²) in [5.74, 6) is -1.14. The van der Waals surface area contributed by atoms with Crippen molar-refractivity contribution in [1.29, 1.82) is 0 Å². The van der Waals surface area contributed by atoms with E-state index in [9.17, 15) is 18.8 Å². The smallest absolute Gasteiger partial charge is 0.266 e. The molecule has 3 aromatic rings. The third-order valence-corrected chi connectivity index (χ3v) is 8.49. The number of amides is 2. The zero-order valence-corrected chi connectivity index (χ0v) is 22.5. The van der Waals surface area contributed by atoms with Crippen LogP contribution in [0.5, 0.6) is 0 Å². The van der Waals surface area contributed by atoms with Crippen molar-refractivity contribution in [3.63, 3.8) is 0 Å². The highest BCUT2D eigenvalue weighted by Gasteiger charge is 2.34. The Morgan fingerprint density at radius 2 is 1.82 bits per heavy atom. The predicted octanol–water partition coefficient (Wildman–Crippen LogP) is 4.26. The summed E-state index contributed by atoms with van der Waals surface area (Å²) in [7, 11) is 0. The van der Waals surface area contributed by atoms with E-state index in [-0.39, 0.29) is 35.7 Å². The lowest BCUT2D eigenvalue weighted by molar-refractivity contribution is -0.123. The van der Waals surface area contributed by atoms with Crippen LogP contribution >= 0.6 is 24.0 Å². The third kappa shape index (κ3) is 4.86. The van der Waals surface area contributed by atoms with E-state index in [0.29, 0.717) is 47.3 Å². The molecule has 2 amide bonds. The minimum Gasteiger partial charge on any atom is -0.370 e. The van der Waals surface area contributed by atoms with Gasteiger partial charge in [0.2, 0.25) is 5.91 Å². The molecule has 5 rings (SSSR count). The summed E-state index contributed by atoms with van der Waals surface area (Å²) < 4.78 is 15.4. The summed E-state index contributed by atoms with van der Waals surface area (Å²) in [5.41, 5.74) is 8.10. The maximum Gasteiger partial charge on any atom is 0.266 e. The van der Waals surface area contributed by atoms with E-state index in [4.69, 9.17) is 18.0 Å². The van der Waals surface area contributed by atoms with Gasteiger partial charge in [-0.05, 0) is 49.6 Å². The Morgan fingerprint density at radius 1 is 1.13 bits per heavy atom. The summed E-state index contributed by atoms with van der Waals surface area (Å²) in [6.07, 6.45) is 2.85. The van der Waals surface area contributed by atoms with E-state index in [0.717, 1.165) is 33.9 Å². The zero-order valence-electron chi connectivity index (χ0n) is 20.9. The second-order valence-corrected chi connectivity index (χ2v) is 11.1. The zero-order chi connectivity index (χ0) is 27.0. The number of primary amides is 1. The summed E-state index contributed by atoms with van der Waals surface area (Å²) in [5, 5.41) is 0.902. The molecule has 0 saturated carbocycles. The fourth-order valence-electron chi connectivity index (χ4n) is 5.12. The number of piperidine rings is 1. The van der Waals surface area contributed by atoms with Crippen LogP contribution in [0.1, 0.15) is 30.9 Å². The first-order valence-corrected chi connectivity index (χ1v) is 13.7. The van der Waals surface area contributed by atoms with Crippen molar-refractivity contribution in [3.8, 4) is 0 Å². The first kappa shape index (κ1) is 26.1. The summed E-state index contributed by atoms with van der Waals surface area (Å²) >= 11 is 6.66. The van der Waals surface area contributed by atoms with Gasteiger partial charge in [0, 0.05) is 30.9 Å². The van der Waals surface area contributed by atoms with Crippen LogP contribution in [-0.2, 0) is 22.7 Å². The average molecular weight is 551 g/mol. The predicted molar refractivity (Wildman–Crippen MR) is 153 cm³/mol. The fourth-order valence-corrected chi connectivity index (χ4v) is 6.36. The molecule has 2 fully saturated rings. The van der Waals surface area contributed by atoms with Crippen LogP contribution in [0.3, 0.4) is 0 Å². The lowest BCUT2D eigenvalue weighted by Gasteiger charge is -2.34. The maximum atomic E-state index is 13.8. The maximum absolute atomic E-state index is 13.8. The highest BCUT2D eigenvalue weighted by molar-refractivity contribution is 8.26. The van der Waals surface area contributed by atoms with Crippen LogP contribution in [0.2, 0.25) is 0 Å². The van der Waals surface area contributed by atoms with Crippen molar-refractivity contribution in [2.75, 3.05) is 18.0 Å². The largest absolute Gasteiger partial charge is 0.370 e. The number of anilines is 1. The number of nitrogens with zero attached hydrogens (tertiary/aromatic N) is 3. The Labute approximate surface area is 229 Å². The minimum absolute atomic E-state index is 0.193. The molecule has 0 aliphatic carbocycles. The van der Waals surface area contributed by atoms with E-state index in [1.807, 2.05) is 31.2 Å². The molecule has 2 aliphatic heterocycles. The van der Waals surface area contributed by atoms with Crippen molar-refractivity contribution in [2.45, 2.75) is 32.9 Å². The Hall–Kier alpha value is -3.50. The first-order chi connectivity index (χ1) is 18.3. The summed E-state index contributed by atoms with van der Waals surface area (Å²) in [4.78, 5) is 43.0. The number of thioether (sulfide) groups is 1. The van der Waals surface area contributed by atoms with E-state index in [2.05, 4.69) is 4.90 Å². The molecule has 0 radical (unpaired) electrons. The van der Waals surface area contributed by atoms with Crippen LogP contribution in [0.4, 0.5) is 10.1 Å². The van der Waals surface area contributed by atoms with Gasteiger partial charge in [-0.25, -0.2) is 4.39 Å². The molecule has 2 aromatic carbocycles. The van der Waals surface area contributed by atoms with Crippen molar-refractivity contribution >= 4 is 62.8 Å². The monoisotopic (exact) mass is 550 g/mol. The number of nitrogens with two attached hydrogens (primary N) is 1. The van der Waals surface area contributed by atoms with Gasteiger partial charge in [-0.3, -0.25) is 19.3 Å². The second-order valence-electron chi connectivity index (χ2n) is 9.39. The number of thiocarbonyl (C=S) groups is 1. The van der Waals surface area contributed by atoms with Crippen LogP contribution in [0.15, 0.2) is 58.2 Å². The fraction of sp³-hybridized carbons (Fsp3) is 0.286. The van der Waals surface area contributed by atoms with Crippen LogP contribution in [0, 0.1) is 11.7 Å². The quantitative estimate of drug-likeness (QED) is 0.365. The number of aromatic nitrogens is 1. The van der Waals surface area contributed by atoms with Crippen LogP contribution in [-0.4, -0.2) is 38.7 Å². The third-order valence-electron chi connectivity index (χ3n) is 7.11. The van der Waals surface area contributed by atoms with Crippen molar-refractivity contribution in [3.05, 3.63) is 80.7 Å². The summed E-state index contributed by atoms with van der Waals surface area (Å²) in [6.45, 7) is 3.74. The molecule has 0 atom stereocenters.